The van der Waals surface area contributed by atoms with Crippen LogP contribution in [0.5, 0.6) is 0 Å². The first-order chi connectivity index (χ1) is 8.20. The van der Waals surface area contributed by atoms with Crippen molar-refractivity contribution in [2.24, 2.45) is 0 Å². The van der Waals surface area contributed by atoms with E-state index >= 15 is 0 Å². The van der Waals surface area contributed by atoms with Gasteiger partial charge in [-0.05, 0) is 30.2 Å². The third-order valence-corrected chi connectivity index (χ3v) is 3.20. The van der Waals surface area contributed by atoms with Crippen LogP contribution in [-0.4, -0.2) is 9.97 Å². The van der Waals surface area contributed by atoms with Crippen molar-refractivity contribution in [2.45, 2.75) is 17.9 Å². The Kier molecular flexibility index (Phi) is 4.07. The molecule has 0 aliphatic rings. The third-order valence-electron chi connectivity index (χ3n) is 2.54. The molecule has 1 atom stereocenters. The molecule has 0 saturated heterocycles. The molecule has 0 amide bonds. The fourth-order valence-corrected chi connectivity index (χ4v) is 1.81. The highest BCUT2D eigenvalue weighted by molar-refractivity contribution is 7.80. The van der Waals surface area contributed by atoms with Crippen LogP contribution < -0.4 is 0 Å². The van der Waals surface area contributed by atoms with Crippen LogP contribution in [0.3, 0.4) is 0 Å². The van der Waals surface area contributed by atoms with E-state index in [1.807, 2.05) is 43.6 Å². The molecule has 0 N–H and O–H groups in total. The molecule has 2 heterocycles. The second-order valence-corrected chi connectivity index (χ2v) is 4.95. The molecule has 4 heteroatoms. The number of pyridine rings is 2. The molecule has 0 spiro atoms. The fourth-order valence-electron chi connectivity index (χ4n) is 1.47. The smallest absolute Gasteiger partial charge is 0.0886 e. The highest BCUT2D eigenvalue weighted by Gasteiger charge is 2.03. The maximum atomic E-state index is 4.40. The Morgan fingerprint density at radius 3 is 2.12 bits per heavy atom. The zero-order valence-electron chi connectivity index (χ0n) is 9.54. The number of hydrogen-bond acceptors (Lipinski definition) is 4. The van der Waals surface area contributed by atoms with Crippen LogP contribution in [0.1, 0.15) is 23.3 Å². The highest BCUT2D eigenvalue weighted by Crippen LogP contribution is 2.21. The van der Waals surface area contributed by atoms with Crippen molar-refractivity contribution in [3.05, 3.63) is 47.8 Å². The molecule has 0 fully saturated rings. The molecular weight excluding hydrogens is 248 g/mol. The van der Waals surface area contributed by atoms with Gasteiger partial charge in [0.25, 0.3) is 0 Å². The van der Waals surface area contributed by atoms with Gasteiger partial charge < -0.3 is 0 Å². The average Bonchev–Trinajstić information content (AvgIpc) is 2.39. The minimum absolute atomic E-state index is 0.205. The molecule has 17 heavy (non-hydrogen) atoms. The van der Waals surface area contributed by atoms with E-state index in [4.69, 9.17) is 0 Å². The first kappa shape index (κ1) is 12.5. The van der Waals surface area contributed by atoms with Gasteiger partial charge in [0.2, 0.25) is 0 Å². The normalized spacial score (nSPS) is 12.4. The summed E-state index contributed by atoms with van der Waals surface area (Å²) in [5, 5.41) is 0.205. The Bertz CT molecular complexity index is 478. The quantitative estimate of drug-likeness (QED) is 0.827. The molecule has 0 saturated carbocycles. The lowest BCUT2D eigenvalue weighted by atomic mass is 10.1. The second-order valence-electron chi connectivity index (χ2n) is 3.86. The molecule has 2 nitrogen and oxygen atoms in total. The van der Waals surface area contributed by atoms with E-state index in [2.05, 4.69) is 35.2 Å². The van der Waals surface area contributed by atoms with Crippen molar-refractivity contribution in [3.63, 3.8) is 0 Å². The van der Waals surface area contributed by atoms with E-state index in [1.54, 1.807) is 0 Å². The largest absolute Gasteiger partial charge is 0.254 e. The maximum absolute atomic E-state index is 4.40. The van der Waals surface area contributed by atoms with E-state index < -0.39 is 0 Å². The summed E-state index contributed by atoms with van der Waals surface area (Å²) in [7, 11) is 0. The van der Waals surface area contributed by atoms with Gasteiger partial charge in [-0.1, -0.05) is 12.1 Å². The topological polar surface area (TPSA) is 25.8 Å². The SMILES string of the molecule is CC(S)c1ccc(-c2ccc(CS)cn2)nc1. The van der Waals surface area contributed by atoms with Gasteiger partial charge in [0, 0.05) is 23.4 Å². The van der Waals surface area contributed by atoms with Crippen LogP contribution >= 0.6 is 25.3 Å². The highest BCUT2D eigenvalue weighted by atomic mass is 32.1. The number of aromatic nitrogens is 2. The predicted molar refractivity (Wildman–Crippen MR) is 77.6 cm³/mol. The molecule has 1 unspecified atom stereocenters. The Hall–Kier alpha value is -1.00. The van der Waals surface area contributed by atoms with Gasteiger partial charge >= 0.3 is 0 Å². The van der Waals surface area contributed by atoms with Gasteiger partial charge in [0.1, 0.15) is 0 Å². The van der Waals surface area contributed by atoms with Gasteiger partial charge in [-0.3, -0.25) is 9.97 Å². The van der Waals surface area contributed by atoms with Gasteiger partial charge in [0.05, 0.1) is 11.4 Å². The minimum atomic E-state index is 0.205. The molecule has 2 aromatic rings. The van der Waals surface area contributed by atoms with Crippen molar-refractivity contribution in [1.29, 1.82) is 0 Å². The van der Waals surface area contributed by atoms with E-state index in [-0.39, 0.29) is 5.25 Å². The molecular formula is C13H14N2S2. The van der Waals surface area contributed by atoms with Crippen LogP contribution in [0.15, 0.2) is 36.7 Å². The van der Waals surface area contributed by atoms with Crippen molar-refractivity contribution >= 4 is 25.3 Å². The molecule has 0 radical (unpaired) electrons. The summed E-state index contributed by atoms with van der Waals surface area (Å²) in [6.07, 6.45) is 3.68. The summed E-state index contributed by atoms with van der Waals surface area (Å²) in [6, 6.07) is 8.00. The predicted octanol–water partition coefficient (Wildman–Crippen LogP) is 3.56. The maximum Gasteiger partial charge on any atom is 0.0886 e. The van der Waals surface area contributed by atoms with Crippen molar-refractivity contribution in [3.8, 4) is 11.4 Å². The summed E-state index contributed by atoms with van der Waals surface area (Å²) in [4.78, 5) is 8.76. The van der Waals surface area contributed by atoms with E-state index in [9.17, 15) is 0 Å². The molecule has 2 rings (SSSR count). The lowest BCUT2D eigenvalue weighted by Crippen LogP contribution is -1.91. The molecule has 0 aliphatic heterocycles. The first-order valence-corrected chi connectivity index (χ1v) is 6.56. The number of nitrogens with zero attached hydrogens (tertiary/aromatic N) is 2. The lowest BCUT2D eigenvalue weighted by Gasteiger charge is -2.05. The van der Waals surface area contributed by atoms with Gasteiger partial charge in [-0.25, -0.2) is 0 Å². The van der Waals surface area contributed by atoms with Gasteiger partial charge in [-0.15, -0.1) is 0 Å². The van der Waals surface area contributed by atoms with Crippen LogP contribution in [0.2, 0.25) is 0 Å². The fraction of sp³-hybridized carbons (Fsp3) is 0.231. The van der Waals surface area contributed by atoms with Crippen molar-refractivity contribution in [1.82, 2.24) is 9.97 Å². The van der Waals surface area contributed by atoms with Crippen molar-refractivity contribution in [2.75, 3.05) is 0 Å². The summed E-state index contributed by atoms with van der Waals surface area (Å²) in [6.45, 7) is 2.03. The van der Waals surface area contributed by atoms with Gasteiger partial charge in [-0.2, -0.15) is 25.3 Å². The summed E-state index contributed by atoms with van der Waals surface area (Å²) in [5.74, 6) is 0.705. The Morgan fingerprint density at radius 2 is 1.71 bits per heavy atom. The Labute approximate surface area is 112 Å². The molecule has 0 aromatic carbocycles. The second kappa shape index (κ2) is 5.56. The summed E-state index contributed by atoms with van der Waals surface area (Å²) >= 11 is 8.57. The third kappa shape index (κ3) is 3.01. The van der Waals surface area contributed by atoms with Crippen molar-refractivity contribution < 1.29 is 0 Å². The standard InChI is InChI=1S/C13H14N2S2/c1-9(17)11-3-5-13(15-7-11)12-4-2-10(8-16)6-14-12/h2-7,9,16-17H,8H2,1H3. The summed E-state index contributed by atoms with van der Waals surface area (Å²) in [5.41, 5.74) is 3.99. The number of hydrogen-bond donors (Lipinski definition) is 2. The van der Waals surface area contributed by atoms with E-state index in [1.165, 1.54) is 0 Å². The molecule has 0 bridgehead atoms. The lowest BCUT2D eigenvalue weighted by molar-refractivity contribution is 1.08. The molecule has 88 valence electrons. The monoisotopic (exact) mass is 262 g/mol. The number of thiol groups is 2. The average molecular weight is 262 g/mol. The van der Waals surface area contributed by atoms with Crippen LogP contribution in [-0.2, 0) is 5.75 Å². The summed E-state index contributed by atoms with van der Waals surface area (Å²) < 4.78 is 0. The Balaban J connectivity index is 2.26. The zero-order chi connectivity index (χ0) is 12.3. The number of rotatable bonds is 3. The van der Waals surface area contributed by atoms with Gasteiger partial charge in [0.15, 0.2) is 0 Å². The first-order valence-electron chi connectivity index (χ1n) is 5.41. The van der Waals surface area contributed by atoms with Crippen LogP contribution in [0.4, 0.5) is 0 Å². The minimum Gasteiger partial charge on any atom is -0.254 e. The van der Waals surface area contributed by atoms with Crippen LogP contribution in [0.25, 0.3) is 11.4 Å². The van der Waals surface area contributed by atoms with Crippen LogP contribution in [0, 0.1) is 0 Å². The zero-order valence-corrected chi connectivity index (χ0v) is 11.3. The Morgan fingerprint density at radius 1 is 1.06 bits per heavy atom. The van der Waals surface area contributed by atoms with E-state index in [0.717, 1.165) is 22.5 Å². The molecule has 0 aliphatic carbocycles. The van der Waals surface area contributed by atoms with E-state index in [0.29, 0.717) is 5.75 Å². The molecule has 2 aromatic heterocycles.